The van der Waals surface area contributed by atoms with Crippen LogP contribution in [0.25, 0.3) is 16.6 Å². The van der Waals surface area contributed by atoms with Crippen LogP contribution in [-0.4, -0.2) is 43.0 Å². The van der Waals surface area contributed by atoms with Crippen LogP contribution in [0, 0.1) is 0 Å². The van der Waals surface area contributed by atoms with Crippen molar-refractivity contribution >= 4 is 22.7 Å². The zero-order valence-electron chi connectivity index (χ0n) is 14.4. The van der Waals surface area contributed by atoms with Gasteiger partial charge in [-0.15, -0.1) is 5.10 Å². The van der Waals surface area contributed by atoms with Gasteiger partial charge in [0.25, 0.3) is 0 Å². The van der Waals surface area contributed by atoms with Gasteiger partial charge in [-0.05, 0) is 35.5 Å². The molecule has 0 amide bonds. The molecule has 2 heterocycles. The summed E-state index contributed by atoms with van der Waals surface area (Å²) in [5.74, 6) is -0.900. The molecule has 0 aliphatic carbocycles. The van der Waals surface area contributed by atoms with Crippen LogP contribution in [0.1, 0.15) is 27.6 Å². The Kier molecular flexibility index (Phi) is 4.21. The predicted octanol–water partition coefficient (Wildman–Crippen LogP) is 2.57. The van der Waals surface area contributed by atoms with E-state index in [9.17, 15) is 9.59 Å². The molecule has 0 aliphatic rings. The fraction of sp³-hybridized carbons (Fsp3) is 0.105. The SMILES string of the molecule is CC(OC(=O)c1ccccc1-n1cnnn1)C(=O)c1c[nH]c2ccccc12. The summed E-state index contributed by atoms with van der Waals surface area (Å²) in [6.07, 6.45) is 2.07. The van der Waals surface area contributed by atoms with E-state index in [1.54, 1.807) is 37.4 Å². The van der Waals surface area contributed by atoms with Crippen molar-refractivity contribution < 1.29 is 14.3 Å². The highest BCUT2D eigenvalue weighted by Gasteiger charge is 2.24. The van der Waals surface area contributed by atoms with Gasteiger partial charge in [-0.1, -0.05) is 30.3 Å². The lowest BCUT2D eigenvalue weighted by Crippen LogP contribution is -2.25. The van der Waals surface area contributed by atoms with E-state index in [0.29, 0.717) is 11.3 Å². The molecule has 0 saturated carbocycles. The zero-order valence-corrected chi connectivity index (χ0v) is 14.4. The molecule has 134 valence electrons. The molecule has 8 heteroatoms. The van der Waals surface area contributed by atoms with E-state index >= 15 is 0 Å². The average Bonchev–Trinajstić information content (AvgIpc) is 3.37. The molecule has 27 heavy (non-hydrogen) atoms. The maximum Gasteiger partial charge on any atom is 0.341 e. The Morgan fingerprint density at radius 3 is 2.67 bits per heavy atom. The van der Waals surface area contributed by atoms with E-state index in [1.807, 2.05) is 24.3 Å². The molecule has 4 aromatic rings. The second-order valence-corrected chi connectivity index (χ2v) is 5.93. The molecule has 1 unspecified atom stereocenters. The summed E-state index contributed by atoms with van der Waals surface area (Å²) in [6.45, 7) is 1.56. The number of Topliss-reactive ketones (excluding diaryl/α,β-unsaturated/α-hetero) is 1. The van der Waals surface area contributed by atoms with Gasteiger partial charge in [0, 0.05) is 22.7 Å². The maximum atomic E-state index is 12.8. The highest BCUT2D eigenvalue weighted by molar-refractivity contribution is 6.10. The number of nitrogens with zero attached hydrogens (tertiary/aromatic N) is 4. The van der Waals surface area contributed by atoms with Gasteiger partial charge in [-0.3, -0.25) is 4.79 Å². The monoisotopic (exact) mass is 361 g/mol. The summed E-state index contributed by atoms with van der Waals surface area (Å²) < 4.78 is 6.79. The van der Waals surface area contributed by atoms with Crippen LogP contribution in [0.4, 0.5) is 0 Å². The number of carbonyl (C=O) groups is 2. The number of benzene rings is 2. The van der Waals surface area contributed by atoms with Gasteiger partial charge in [0.2, 0.25) is 5.78 Å². The minimum atomic E-state index is -0.946. The van der Waals surface area contributed by atoms with Crippen molar-refractivity contribution in [1.82, 2.24) is 25.2 Å². The van der Waals surface area contributed by atoms with Gasteiger partial charge in [-0.25, -0.2) is 4.79 Å². The van der Waals surface area contributed by atoms with Gasteiger partial charge in [0.1, 0.15) is 6.33 Å². The number of tetrazole rings is 1. The summed E-state index contributed by atoms with van der Waals surface area (Å²) in [7, 11) is 0. The molecule has 1 N–H and O–H groups in total. The Labute approximate surface area is 153 Å². The van der Waals surface area contributed by atoms with E-state index in [-0.39, 0.29) is 11.3 Å². The van der Waals surface area contributed by atoms with E-state index in [4.69, 9.17) is 4.74 Å². The molecule has 4 rings (SSSR count). The zero-order chi connectivity index (χ0) is 18.8. The number of hydrogen-bond acceptors (Lipinski definition) is 6. The lowest BCUT2D eigenvalue weighted by atomic mass is 10.1. The molecule has 0 fully saturated rings. The third kappa shape index (κ3) is 3.08. The van der Waals surface area contributed by atoms with Crippen LogP contribution < -0.4 is 0 Å². The number of fused-ring (bicyclic) bond motifs is 1. The standard InChI is InChI=1S/C19H15N5O3/c1-12(18(25)15-10-20-16-8-4-2-6-13(15)16)27-19(26)14-7-3-5-9-17(14)24-11-21-22-23-24/h2-12,20H,1H3. The number of aromatic amines is 1. The van der Waals surface area contributed by atoms with Crippen molar-refractivity contribution in [2.24, 2.45) is 0 Å². The molecule has 2 aromatic carbocycles. The third-order valence-electron chi connectivity index (χ3n) is 4.23. The van der Waals surface area contributed by atoms with Crippen molar-refractivity contribution in [3.63, 3.8) is 0 Å². The Bertz CT molecular complexity index is 1120. The number of hydrogen-bond donors (Lipinski definition) is 1. The molecular weight excluding hydrogens is 346 g/mol. The van der Waals surface area contributed by atoms with E-state index < -0.39 is 12.1 Å². The Balaban J connectivity index is 1.58. The maximum absolute atomic E-state index is 12.8. The van der Waals surface area contributed by atoms with Gasteiger partial charge >= 0.3 is 5.97 Å². The number of H-pyrrole nitrogens is 1. The first-order chi connectivity index (χ1) is 13.1. The summed E-state index contributed by atoms with van der Waals surface area (Å²) in [4.78, 5) is 28.5. The second-order valence-electron chi connectivity index (χ2n) is 5.93. The molecule has 0 bridgehead atoms. The largest absolute Gasteiger partial charge is 0.451 e. The topological polar surface area (TPSA) is 103 Å². The lowest BCUT2D eigenvalue weighted by Gasteiger charge is -2.13. The molecule has 0 radical (unpaired) electrons. The number of nitrogens with one attached hydrogen (secondary N) is 1. The summed E-state index contributed by atoms with van der Waals surface area (Å²) in [6, 6.07) is 14.2. The lowest BCUT2D eigenvalue weighted by molar-refractivity contribution is 0.0319. The van der Waals surface area contributed by atoms with Gasteiger partial charge < -0.3 is 9.72 Å². The van der Waals surface area contributed by atoms with Gasteiger partial charge in [0.15, 0.2) is 6.10 Å². The van der Waals surface area contributed by atoms with E-state index in [2.05, 4.69) is 20.5 Å². The molecule has 8 nitrogen and oxygen atoms in total. The molecular formula is C19H15N5O3. The predicted molar refractivity (Wildman–Crippen MR) is 96.7 cm³/mol. The number of aromatic nitrogens is 5. The number of rotatable bonds is 5. The number of esters is 1. The highest BCUT2D eigenvalue weighted by atomic mass is 16.5. The Hall–Kier alpha value is -3.81. The van der Waals surface area contributed by atoms with Gasteiger partial charge in [-0.2, -0.15) is 4.68 Å². The van der Waals surface area contributed by atoms with Crippen LogP contribution in [0.3, 0.4) is 0 Å². The molecule has 0 aliphatic heterocycles. The van der Waals surface area contributed by atoms with Crippen molar-refractivity contribution in [1.29, 1.82) is 0 Å². The second kappa shape index (κ2) is 6.83. The molecule has 0 spiro atoms. The first-order valence-corrected chi connectivity index (χ1v) is 8.29. The minimum absolute atomic E-state index is 0.267. The van der Waals surface area contributed by atoms with Crippen molar-refractivity contribution in [3.05, 3.63) is 72.2 Å². The van der Waals surface area contributed by atoms with Crippen LogP contribution in [0.15, 0.2) is 61.1 Å². The summed E-state index contributed by atoms with van der Waals surface area (Å²) in [5.41, 5.74) is 2.07. The molecule has 0 saturated heterocycles. The van der Waals surface area contributed by atoms with Crippen LogP contribution >= 0.6 is 0 Å². The Morgan fingerprint density at radius 1 is 1.07 bits per heavy atom. The number of para-hydroxylation sites is 2. The summed E-state index contributed by atoms with van der Waals surface area (Å²) >= 11 is 0. The summed E-state index contributed by atoms with van der Waals surface area (Å²) in [5, 5.41) is 11.7. The van der Waals surface area contributed by atoms with Crippen LogP contribution in [0.5, 0.6) is 0 Å². The molecule has 2 aromatic heterocycles. The van der Waals surface area contributed by atoms with Crippen LogP contribution in [0.2, 0.25) is 0 Å². The smallest absolute Gasteiger partial charge is 0.341 e. The number of ether oxygens (including phenoxy) is 1. The average molecular weight is 361 g/mol. The van der Waals surface area contributed by atoms with E-state index in [1.165, 1.54) is 11.0 Å². The third-order valence-corrected chi connectivity index (χ3v) is 4.23. The van der Waals surface area contributed by atoms with Crippen LogP contribution in [-0.2, 0) is 4.74 Å². The normalized spacial score (nSPS) is 12.0. The fourth-order valence-electron chi connectivity index (χ4n) is 2.89. The first kappa shape index (κ1) is 16.6. The van der Waals surface area contributed by atoms with Crippen molar-refractivity contribution in [2.75, 3.05) is 0 Å². The quantitative estimate of drug-likeness (QED) is 0.433. The highest BCUT2D eigenvalue weighted by Crippen LogP contribution is 2.21. The van der Waals surface area contributed by atoms with Crippen molar-refractivity contribution in [2.45, 2.75) is 13.0 Å². The Morgan fingerprint density at radius 2 is 1.85 bits per heavy atom. The van der Waals surface area contributed by atoms with E-state index in [0.717, 1.165) is 10.9 Å². The number of ketones is 1. The first-order valence-electron chi connectivity index (χ1n) is 8.29. The van der Waals surface area contributed by atoms with Crippen molar-refractivity contribution in [3.8, 4) is 5.69 Å². The van der Waals surface area contributed by atoms with Gasteiger partial charge in [0.05, 0.1) is 11.3 Å². The molecule has 1 atom stereocenters. The minimum Gasteiger partial charge on any atom is -0.451 e. The number of carbonyl (C=O) groups excluding carboxylic acids is 2. The fourth-order valence-corrected chi connectivity index (χ4v) is 2.89.